The van der Waals surface area contributed by atoms with Crippen LogP contribution in [-0.2, 0) is 10.3 Å². The lowest BCUT2D eigenvalue weighted by molar-refractivity contribution is 0.0124. The summed E-state index contributed by atoms with van der Waals surface area (Å²) in [6.45, 7) is 3.75. The maximum Gasteiger partial charge on any atom is 0.201 e. The van der Waals surface area contributed by atoms with Crippen molar-refractivity contribution in [2.45, 2.75) is 25.3 Å². The fraction of sp³-hybridized carbons (Fsp3) is 0.462. The van der Waals surface area contributed by atoms with E-state index in [1.165, 1.54) is 3.57 Å². The van der Waals surface area contributed by atoms with Crippen LogP contribution in [0.2, 0.25) is 0 Å². The van der Waals surface area contributed by atoms with Gasteiger partial charge in [-0.25, -0.2) is 4.98 Å². The first-order valence-electron chi connectivity index (χ1n) is 6.12. The van der Waals surface area contributed by atoms with Crippen LogP contribution in [0.4, 0.5) is 5.95 Å². The first-order valence-corrected chi connectivity index (χ1v) is 7.20. The zero-order valence-electron chi connectivity index (χ0n) is 10.3. The second-order valence-electron chi connectivity index (χ2n) is 5.09. The molecule has 1 fully saturated rings. The van der Waals surface area contributed by atoms with Crippen molar-refractivity contribution in [2.24, 2.45) is 0 Å². The van der Waals surface area contributed by atoms with E-state index in [0.717, 1.165) is 30.5 Å². The number of anilines is 1. The summed E-state index contributed by atoms with van der Waals surface area (Å²) in [5.41, 5.74) is 8.10. The minimum atomic E-state index is -0.0795. The second kappa shape index (κ2) is 4.38. The van der Waals surface area contributed by atoms with Gasteiger partial charge in [0.05, 0.1) is 23.2 Å². The quantitative estimate of drug-likeness (QED) is 0.799. The van der Waals surface area contributed by atoms with Crippen molar-refractivity contribution < 1.29 is 4.74 Å². The third-order valence-electron chi connectivity index (χ3n) is 3.60. The average molecular weight is 357 g/mol. The smallest absolute Gasteiger partial charge is 0.201 e. The van der Waals surface area contributed by atoms with Crippen LogP contribution in [0, 0.1) is 3.57 Å². The summed E-state index contributed by atoms with van der Waals surface area (Å²) >= 11 is 2.29. The van der Waals surface area contributed by atoms with Crippen LogP contribution >= 0.6 is 22.6 Å². The first kappa shape index (κ1) is 12.2. The zero-order chi connectivity index (χ0) is 12.8. The Morgan fingerprint density at radius 1 is 1.50 bits per heavy atom. The lowest BCUT2D eigenvalue weighted by Gasteiger charge is -2.35. The van der Waals surface area contributed by atoms with Gasteiger partial charge in [0.25, 0.3) is 0 Å². The molecule has 1 aromatic heterocycles. The van der Waals surface area contributed by atoms with Gasteiger partial charge < -0.3 is 15.0 Å². The molecule has 96 valence electrons. The number of aromatic nitrogens is 2. The Morgan fingerprint density at radius 3 is 3.06 bits per heavy atom. The number of hydrogen-bond donors (Lipinski definition) is 1. The van der Waals surface area contributed by atoms with Crippen molar-refractivity contribution in [3.63, 3.8) is 0 Å². The molecule has 1 atom stereocenters. The summed E-state index contributed by atoms with van der Waals surface area (Å²) in [6.07, 6.45) is 2.15. The van der Waals surface area contributed by atoms with Gasteiger partial charge >= 0.3 is 0 Å². The molecule has 2 N–H and O–H groups in total. The van der Waals surface area contributed by atoms with Crippen LogP contribution in [-0.4, -0.2) is 22.8 Å². The van der Waals surface area contributed by atoms with E-state index in [4.69, 9.17) is 10.5 Å². The molecular weight excluding hydrogens is 341 g/mol. The molecule has 1 aliphatic rings. The molecule has 1 aromatic carbocycles. The van der Waals surface area contributed by atoms with E-state index in [0.29, 0.717) is 12.6 Å². The molecule has 0 amide bonds. The normalized spacial score (nSPS) is 24.6. The fourth-order valence-corrected chi connectivity index (χ4v) is 3.21. The van der Waals surface area contributed by atoms with Gasteiger partial charge in [0.2, 0.25) is 5.95 Å². The minimum Gasteiger partial charge on any atom is -0.379 e. The third-order valence-corrected chi connectivity index (χ3v) is 4.27. The number of rotatable bonds is 1. The maximum atomic E-state index is 6.11. The number of fused-ring (bicyclic) bond motifs is 1. The lowest BCUT2D eigenvalue weighted by atomic mass is 9.94. The van der Waals surface area contributed by atoms with Crippen molar-refractivity contribution in [1.82, 2.24) is 9.55 Å². The van der Waals surface area contributed by atoms with E-state index in [-0.39, 0.29) is 5.54 Å². The first-order chi connectivity index (χ1) is 8.60. The molecule has 0 radical (unpaired) electrons. The highest BCUT2D eigenvalue weighted by atomic mass is 127. The number of nitrogens with two attached hydrogens (primary N) is 1. The van der Waals surface area contributed by atoms with Crippen LogP contribution in [0.25, 0.3) is 11.0 Å². The Balaban J connectivity index is 2.18. The fourth-order valence-electron chi connectivity index (χ4n) is 2.74. The Bertz CT molecular complexity index is 587. The molecule has 0 saturated carbocycles. The van der Waals surface area contributed by atoms with Crippen molar-refractivity contribution in [2.75, 3.05) is 18.9 Å². The summed E-state index contributed by atoms with van der Waals surface area (Å²) in [5, 5.41) is 0. The molecule has 2 aromatic rings. The SMILES string of the molecule is CC1(n2c(N)nc3cc(I)ccc32)CCCOC1. The molecule has 4 nitrogen and oxygen atoms in total. The highest BCUT2D eigenvalue weighted by Gasteiger charge is 2.32. The van der Waals surface area contributed by atoms with Crippen LogP contribution in [0.15, 0.2) is 18.2 Å². The maximum absolute atomic E-state index is 6.11. The molecule has 0 spiro atoms. The minimum absolute atomic E-state index is 0.0795. The van der Waals surface area contributed by atoms with Crippen molar-refractivity contribution in [3.05, 3.63) is 21.8 Å². The highest BCUT2D eigenvalue weighted by molar-refractivity contribution is 14.1. The summed E-state index contributed by atoms with van der Waals surface area (Å²) in [4.78, 5) is 4.47. The topological polar surface area (TPSA) is 53.1 Å². The predicted octanol–water partition coefficient (Wildman–Crippen LogP) is 2.75. The van der Waals surface area contributed by atoms with Crippen LogP contribution in [0.5, 0.6) is 0 Å². The Hall–Kier alpha value is -0.820. The van der Waals surface area contributed by atoms with Gasteiger partial charge in [-0.1, -0.05) is 0 Å². The van der Waals surface area contributed by atoms with E-state index in [1.807, 2.05) is 0 Å². The third kappa shape index (κ3) is 1.89. The Morgan fingerprint density at radius 2 is 2.33 bits per heavy atom. The van der Waals surface area contributed by atoms with Gasteiger partial charge in [-0.05, 0) is 60.6 Å². The number of benzene rings is 1. The monoisotopic (exact) mass is 357 g/mol. The predicted molar refractivity (Wildman–Crippen MR) is 80.6 cm³/mol. The molecule has 0 bridgehead atoms. The summed E-state index contributed by atoms with van der Waals surface area (Å²) in [5.74, 6) is 0.583. The molecule has 1 saturated heterocycles. The largest absolute Gasteiger partial charge is 0.379 e. The zero-order valence-corrected chi connectivity index (χ0v) is 12.5. The molecule has 1 aliphatic heterocycles. The van der Waals surface area contributed by atoms with Gasteiger partial charge in [-0.2, -0.15) is 0 Å². The summed E-state index contributed by atoms with van der Waals surface area (Å²) < 4.78 is 8.94. The number of nitrogens with zero attached hydrogens (tertiary/aromatic N) is 2. The number of nitrogen functional groups attached to an aromatic ring is 1. The van der Waals surface area contributed by atoms with Gasteiger partial charge in [0.15, 0.2) is 0 Å². The van der Waals surface area contributed by atoms with Crippen molar-refractivity contribution in [3.8, 4) is 0 Å². The second-order valence-corrected chi connectivity index (χ2v) is 6.34. The van der Waals surface area contributed by atoms with Crippen molar-refractivity contribution in [1.29, 1.82) is 0 Å². The van der Waals surface area contributed by atoms with Crippen LogP contribution < -0.4 is 5.73 Å². The van der Waals surface area contributed by atoms with Gasteiger partial charge in [-0.15, -0.1) is 0 Å². The van der Waals surface area contributed by atoms with E-state index in [9.17, 15) is 0 Å². The molecular formula is C13H16IN3O. The summed E-state index contributed by atoms with van der Waals surface area (Å²) in [6, 6.07) is 6.25. The van der Waals surface area contributed by atoms with E-state index < -0.39 is 0 Å². The Kier molecular flexibility index (Phi) is 2.97. The molecule has 1 unspecified atom stereocenters. The van der Waals surface area contributed by atoms with Gasteiger partial charge in [0, 0.05) is 10.2 Å². The number of ether oxygens (including phenoxy) is 1. The van der Waals surface area contributed by atoms with E-state index in [1.54, 1.807) is 0 Å². The van der Waals surface area contributed by atoms with Crippen LogP contribution in [0.3, 0.4) is 0 Å². The van der Waals surface area contributed by atoms with Gasteiger partial charge in [0.1, 0.15) is 0 Å². The molecule has 2 heterocycles. The molecule has 0 aliphatic carbocycles. The van der Waals surface area contributed by atoms with Crippen LogP contribution in [0.1, 0.15) is 19.8 Å². The Labute approximate surface area is 120 Å². The number of imidazole rings is 1. The summed E-state index contributed by atoms with van der Waals surface area (Å²) in [7, 11) is 0. The molecule has 3 rings (SSSR count). The van der Waals surface area contributed by atoms with Gasteiger partial charge in [-0.3, -0.25) is 0 Å². The van der Waals surface area contributed by atoms with Crippen molar-refractivity contribution >= 4 is 39.6 Å². The number of halogens is 1. The average Bonchev–Trinajstić information content (AvgIpc) is 2.65. The standard InChI is InChI=1S/C13H16IN3O/c1-13(5-2-6-18-8-13)17-11-4-3-9(14)7-10(11)16-12(17)15/h3-4,7H,2,5-6,8H2,1H3,(H2,15,16). The molecule has 18 heavy (non-hydrogen) atoms. The highest BCUT2D eigenvalue weighted by Crippen LogP contribution is 2.33. The van der Waals surface area contributed by atoms with E-state index in [2.05, 4.69) is 57.3 Å². The lowest BCUT2D eigenvalue weighted by Crippen LogP contribution is -2.39. The number of hydrogen-bond acceptors (Lipinski definition) is 3. The molecule has 5 heteroatoms. The van der Waals surface area contributed by atoms with E-state index >= 15 is 0 Å².